The number of hydrogen-bond acceptors (Lipinski definition) is 3. The Hall–Kier alpha value is -1.52. The summed E-state index contributed by atoms with van der Waals surface area (Å²) in [6.07, 6.45) is 10.3. The predicted molar refractivity (Wildman–Crippen MR) is 90.2 cm³/mol. The summed E-state index contributed by atoms with van der Waals surface area (Å²) in [4.78, 5) is 28.3. The van der Waals surface area contributed by atoms with E-state index in [9.17, 15) is 9.59 Å². The molecule has 5 nitrogen and oxygen atoms in total. The van der Waals surface area contributed by atoms with Crippen molar-refractivity contribution in [3.8, 4) is 0 Å². The Bertz CT molecular complexity index is 454. The molecular weight excluding hydrogens is 292 g/mol. The second-order valence-electron chi connectivity index (χ2n) is 7.44. The summed E-state index contributed by atoms with van der Waals surface area (Å²) in [5, 5.41) is 0. The first-order valence-corrected chi connectivity index (χ1v) is 8.82. The summed E-state index contributed by atoms with van der Waals surface area (Å²) >= 11 is 0. The van der Waals surface area contributed by atoms with Gasteiger partial charge in [0.1, 0.15) is 11.6 Å². The van der Waals surface area contributed by atoms with E-state index in [2.05, 4.69) is 12.2 Å². The lowest BCUT2D eigenvalue weighted by atomic mass is 10.0. The van der Waals surface area contributed by atoms with Crippen molar-refractivity contribution >= 4 is 12.0 Å². The minimum atomic E-state index is -0.536. The smallest absolute Gasteiger partial charge is 0.411 e. The predicted octanol–water partition coefficient (Wildman–Crippen LogP) is 3.34. The Kier molecular flexibility index (Phi) is 6.08. The van der Waals surface area contributed by atoms with Crippen LogP contribution in [0, 0.1) is 0 Å². The van der Waals surface area contributed by atoms with Crippen molar-refractivity contribution < 1.29 is 14.3 Å². The van der Waals surface area contributed by atoms with E-state index in [0.717, 1.165) is 45.1 Å². The van der Waals surface area contributed by atoms with Crippen molar-refractivity contribution in [2.45, 2.75) is 70.9 Å². The molecule has 0 saturated carbocycles. The number of carbonyl (C=O) groups is 2. The van der Waals surface area contributed by atoms with Crippen molar-refractivity contribution in [1.29, 1.82) is 0 Å². The largest absolute Gasteiger partial charge is 0.444 e. The molecule has 0 aromatic rings. The van der Waals surface area contributed by atoms with Crippen LogP contribution in [0.1, 0.15) is 59.3 Å². The Balaban J connectivity index is 2.02. The third kappa shape index (κ3) is 5.26. The van der Waals surface area contributed by atoms with Crippen LogP contribution in [0.15, 0.2) is 12.2 Å². The number of hydrogen-bond donors (Lipinski definition) is 0. The molecule has 2 bridgehead atoms. The highest BCUT2D eigenvalue weighted by molar-refractivity contribution is 5.91. The molecule has 23 heavy (non-hydrogen) atoms. The first kappa shape index (κ1) is 17.8. The van der Waals surface area contributed by atoms with Gasteiger partial charge >= 0.3 is 6.09 Å². The third-order valence-corrected chi connectivity index (χ3v) is 4.23. The number of rotatable bonds is 0. The quantitative estimate of drug-likeness (QED) is 0.508. The van der Waals surface area contributed by atoms with E-state index in [1.807, 2.05) is 25.7 Å². The van der Waals surface area contributed by atoms with Gasteiger partial charge in [-0.2, -0.15) is 0 Å². The third-order valence-electron chi connectivity index (χ3n) is 4.23. The lowest BCUT2D eigenvalue weighted by molar-refractivity contribution is -0.150. The molecule has 130 valence electrons. The molecule has 0 N–H and O–H groups in total. The average molecular weight is 322 g/mol. The van der Waals surface area contributed by atoms with Gasteiger partial charge in [-0.1, -0.05) is 12.2 Å². The molecule has 0 radical (unpaired) electrons. The van der Waals surface area contributed by atoms with Gasteiger partial charge in [0.25, 0.3) is 0 Å². The van der Waals surface area contributed by atoms with E-state index in [1.165, 1.54) is 0 Å². The minimum absolute atomic E-state index is 0.0726. The van der Waals surface area contributed by atoms with Gasteiger partial charge in [0, 0.05) is 13.1 Å². The molecule has 1 saturated heterocycles. The molecule has 2 amide bonds. The molecule has 0 aromatic carbocycles. The summed E-state index contributed by atoms with van der Waals surface area (Å²) in [5.74, 6) is 0.0726. The van der Waals surface area contributed by atoms with Crippen LogP contribution >= 0.6 is 0 Å². The molecule has 3 aliphatic rings. The van der Waals surface area contributed by atoms with Crippen molar-refractivity contribution in [3.63, 3.8) is 0 Å². The van der Waals surface area contributed by atoms with E-state index < -0.39 is 5.60 Å². The molecule has 0 aromatic heterocycles. The summed E-state index contributed by atoms with van der Waals surface area (Å²) in [6, 6.07) is -0.330. The first-order valence-electron chi connectivity index (χ1n) is 8.82. The molecule has 0 unspecified atom stereocenters. The monoisotopic (exact) mass is 322 g/mol. The Morgan fingerprint density at radius 2 is 1.70 bits per heavy atom. The number of fused-ring (bicyclic) bond motifs is 9. The number of allylic oxidation sites excluding steroid dienone is 2. The van der Waals surface area contributed by atoms with Crippen LogP contribution in [0.3, 0.4) is 0 Å². The van der Waals surface area contributed by atoms with Gasteiger partial charge in [0.05, 0.1) is 6.54 Å². The summed E-state index contributed by atoms with van der Waals surface area (Å²) < 4.78 is 5.49. The molecule has 5 heteroatoms. The van der Waals surface area contributed by atoms with Crippen LogP contribution in [-0.4, -0.2) is 53.1 Å². The average Bonchev–Trinajstić information content (AvgIpc) is 2.46. The van der Waals surface area contributed by atoms with Gasteiger partial charge in [0.15, 0.2) is 0 Å². The normalized spacial score (nSPS) is 25.3. The summed E-state index contributed by atoms with van der Waals surface area (Å²) in [7, 11) is 0. The van der Waals surface area contributed by atoms with Crippen molar-refractivity contribution in [1.82, 2.24) is 9.80 Å². The lowest BCUT2D eigenvalue weighted by Crippen LogP contribution is -2.65. The van der Waals surface area contributed by atoms with Gasteiger partial charge in [-0.25, -0.2) is 4.79 Å². The van der Waals surface area contributed by atoms with Crippen LogP contribution in [-0.2, 0) is 9.53 Å². The maximum Gasteiger partial charge on any atom is 0.411 e. The molecule has 0 aliphatic carbocycles. The first-order chi connectivity index (χ1) is 10.9. The molecule has 1 atom stereocenters. The number of β-lactam (4-membered cyclic amide) rings is 1. The number of ether oxygens (including phenoxy) is 1. The SMILES string of the molecule is CC(C)(C)OC(=O)N1CCCC/C=C/CCCCN2C[C@H]1C2=O. The highest BCUT2D eigenvalue weighted by Gasteiger charge is 2.43. The van der Waals surface area contributed by atoms with E-state index in [-0.39, 0.29) is 18.0 Å². The summed E-state index contributed by atoms with van der Waals surface area (Å²) in [5.41, 5.74) is -0.536. The molecular formula is C18H30N2O3. The van der Waals surface area contributed by atoms with Crippen LogP contribution in [0.25, 0.3) is 0 Å². The molecule has 1 fully saturated rings. The molecule has 3 aliphatic heterocycles. The van der Waals surface area contributed by atoms with Crippen LogP contribution < -0.4 is 0 Å². The summed E-state index contributed by atoms with van der Waals surface area (Å²) in [6.45, 7) is 7.60. The minimum Gasteiger partial charge on any atom is -0.444 e. The zero-order valence-corrected chi connectivity index (χ0v) is 14.7. The maximum absolute atomic E-state index is 12.5. The van der Waals surface area contributed by atoms with Crippen molar-refractivity contribution in [2.24, 2.45) is 0 Å². The number of amides is 2. The molecule has 0 spiro atoms. The van der Waals surface area contributed by atoms with Gasteiger partial charge in [-0.15, -0.1) is 0 Å². The van der Waals surface area contributed by atoms with Gasteiger partial charge in [0.2, 0.25) is 5.91 Å². The topological polar surface area (TPSA) is 49.9 Å². The lowest BCUT2D eigenvalue weighted by Gasteiger charge is -2.44. The maximum atomic E-state index is 12.5. The Morgan fingerprint density at radius 3 is 2.26 bits per heavy atom. The number of nitrogens with zero attached hydrogens (tertiary/aromatic N) is 2. The van der Waals surface area contributed by atoms with E-state index in [1.54, 1.807) is 4.90 Å². The highest BCUT2D eigenvalue weighted by Crippen LogP contribution is 2.22. The zero-order valence-electron chi connectivity index (χ0n) is 14.7. The molecule has 3 heterocycles. The van der Waals surface area contributed by atoms with Gasteiger partial charge < -0.3 is 9.64 Å². The van der Waals surface area contributed by atoms with E-state index >= 15 is 0 Å². The van der Waals surface area contributed by atoms with E-state index in [0.29, 0.717) is 13.1 Å². The van der Waals surface area contributed by atoms with Crippen LogP contribution in [0.4, 0.5) is 4.79 Å². The Morgan fingerprint density at radius 1 is 1.09 bits per heavy atom. The van der Waals surface area contributed by atoms with Crippen LogP contribution in [0.5, 0.6) is 0 Å². The van der Waals surface area contributed by atoms with Crippen molar-refractivity contribution in [2.75, 3.05) is 19.6 Å². The van der Waals surface area contributed by atoms with Crippen molar-refractivity contribution in [3.05, 3.63) is 12.2 Å². The highest BCUT2D eigenvalue weighted by atomic mass is 16.6. The second kappa shape index (κ2) is 7.84. The van der Waals surface area contributed by atoms with Gasteiger partial charge in [-0.05, 0) is 59.3 Å². The zero-order chi connectivity index (χ0) is 16.9. The fraction of sp³-hybridized carbons (Fsp3) is 0.778. The molecule has 3 rings (SSSR count). The fourth-order valence-corrected chi connectivity index (χ4v) is 2.95. The fourth-order valence-electron chi connectivity index (χ4n) is 2.95. The van der Waals surface area contributed by atoms with Crippen LogP contribution in [0.2, 0.25) is 0 Å². The van der Waals surface area contributed by atoms with E-state index in [4.69, 9.17) is 4.74 Å². The standard InChI is InChI=1S/C18H30N2O3/c1-18(2,3)23-17(22)20-13-11-9-7-5-4-6-8-10-12-19-14-15(20)16(19)21/h4-5,15H,6-14H2,1-3H3/b5-4+/t15-/m0/s1. The second-order valence-corrected chi connectivity index (χ2v) is 7.44. The number of carbonyl (C=O) groups excluding carboxylic acids is 2. The Labute approximate surface area is 139 Å². The van der Waals surface area contributed by atoms with Gasteiger partial charge in [-0.3, -0.25) is 9.69 Å².